The quantitative estimate of drug-likeness (QED) is 0.423. The van der Waals surface area contributed by atoms with Gasteiger partial charge in [-0.05, 0) is 62.2 Å². The van der Waals surface area contributed by atoms with Crippen LogP contribution in [0.25, 0.3) is 0 Å². The van der Waals surface area contributed by atoms with Gasteiger partial charge < -0.3 is 14.6 Å². The van der Waals surface area contributed by atoms with E-state index in [0.29, 0.717) is 30.3 Å². The molecule has 0 aliphatic heterocycles. The third kappa shape index (κ3) is 4.96. The Balaban J connectivity index is 2.31. The molecular formula is C15H12Br4O3. The number of rotatable bonds is 6. The molecule has 0 unspecified atom stereocenters. The first-order chi connectivity index (χ1) is 10.5. The van der Waals surface area contributed by atoms with Crippen LogP contribution >= 0.6 is 63.7 Å². The second-order valence-corrected chi connectivity index (χ2v) is 7.86. The molecule has 2 aromatic carbocycles. The van der Waals surface area contributed by atoms with Crippen LogP contribution in [-0.2, 0) is 0 Å². The molecule has 0 heterocycles. The van der Waals surface area contributed by atoms with E-state index >= 15 is 0 Å². The molecule has 1 N–H and O–H groups in total. The summed E-state index contributed by atoms with van der Waals surface area (Å²) in [5.74, 6) is 1.87. The smallest absolute Gasteiger partial charge is 0.176 e. The molecule has 0 aliphatic rings. The Labute approximate surface area is 162 Å². The zero-order valence-corrected chi connectivity index (χ0v) is 17.6. The number of ether oxygens (including phenoxy) is 2. The average Bonchev–Trinajstić information content (AvgIpc) is 2.44. The van der Waals surface area contributed by atoms with Crippen LogP contribution in [0.3, 0.4) is 0 Å². The molecule has 0 saturated carbocycles. The Morgan fingerprint density at radius 3 is 2.27 bits per heavy atom. The minimum absolute atomic E-state index is 0.0859. The van der Waals surface area contributed by atoms with E-state index < -0.39 is 0 Å². The highest BCUT2D eigenvalue weighted by Crippen LogP contribution is 2.42. The van der Waals surface area contributed by atoms with Crippen LogP contribution in [-0.4, -0.2) is 18.3 Å². The third-order valence-electron chi connectivity index (χ3n) is 2.64. The summed E-state index contributed by atoms with van der Waals surface area (Å²) in [4.78, 5) is 0. The average molecular weight is 560 g/mol. The van der Waals surface area contributed by atoms with E-state index in [0.717, 1.165) is 17.9 Å². The van der Waals surface area contributed by atoms with Crippen LogP contribution in [0.2, 0.25) is 0 Å². The molecule has 0 aliphatic carbocycles. The Morgan fingerprint density at radius 1 is 0.864 bits per heavy atom. The number of hydrogen-bond donors (Lipinski definition) is 1. The van der Waals surface area contributed by atoms with Gasteiger partial charge in [0.25, 0.3) is 0 Å². The highest BCUT2D eigenvalue weighted by atomic mass is 79.9. The van der Waals surface area contributed by atoms with Gasteiger partial charge in [-0.1, -0.05) is 31.9 Å². The van der Waals surface area contributed by atoms with Crippen LogP contribution in [0.5, 0.6) is 17.2 Å². The molecule has 7 heteroatoms. The van der Waals surface area contributed by atoms with Gasteiger partial charge >= 0.3 is 0 Å². The SMILES string of the molecule is OCCCOc1c(Br)cc(Br)cc1Oc1ccc(Br)cc1Br. The van der Waals surface area contributed by atoms with Crippen LogP contribution in [0.1, 0.15) is 6.42 Å². The predicted octanol–water partition coefficient (Wildman–Crippen LogP) is 6.29. The van der Waals surface area contributed by atoms with E-state index in [4.69, 9.17) is 14.6 Å². The van der Waals surface area contributed by atoms with Gasteiger partial charge in [0, 0.05) is 22.0 Å². The van der Waals surface area contributed by atoms with Crippen molar-refractivity contribution in [3.63, 3.8) is 0 Å². The van der Waals surface area contributed by atoms with Gasteiger partial charge in [-0.3, -0.25) is 0 Å². The first-order valence-corrected chi connectivity index (χ1v) is 9.54. The Kier molecular flexibility index (Phi) is 7.21. The highest BCUT2D eigenvalue weighted by Gasteiger charge is 2.14. The van der Waals surface area contributed by atoms with Crippen LogP contribution in [0, 0.1) is 0 Å². The van der Waals surface area contributed by atoms with E-state index in [1.165, 1.54) is 0 Å². The topological polar surface area (TPSA) is 38.7 Å². The fourth-order valence-corrected chi connectivity index (χ4v) is 4.10. The van der Waals surface area contributed by atoms with Crippen molar-refractivity contribution < 1.29 is 14.6 Å². The molecule has 118 valence electrons. The summed E-state index contributed by atoms with van der Waals surface area (Å²) in [6.45, 7) is 0.497. The van der Waals surface area contributed by atoms with Crippen molar-refractivity contribution in [3.8, 4) is 17.2 Å². The summed E-state index contributed by atoms with van der Waals surface area (Å²) in [7, 11) is 0. The molecular weight excluding hydrogens is 548 g/mol. The van der Waals surface area contributed by atoms with E-state index in [2.05, 4.69) is 63.7 Å². The van der Waals surface area contributed by atoms with Crippen molar-refractivity contribution in [1.82, 2.24) is 0 Å². The Bertz CT molecular complexity index is 661. The number of benzene rings is 2. The maximum Gasteiger partial charge on any atom is 0.176 e. The molecule has 0 amide bonds. The van der Waals surface area contributed by atoms with Crippen molar-refractivity contribution in [2.45, 2.75) is 6.42 Å². The summed E-state index contributed by atoms with van der Waals surface area (Å²) < 4.78 is 15.1. The summed E-state index contributed by atoms with van der Waals surface area (Å²) in [5.41, 5.74) is 0. The van der Waals surface area contributed by atoms with Crippen molar-refractivity contribution >= 4 is 63.7 Å². The number of aliphatic hydroxyl groups excluding tert-OH is 1. The van der Waals surface area contributed by atoms with E-state index in [1.807, 2.05) is 30.3 Å². The normalized spacial score (nSPS) is 10.6. The Morgan fingerprint density at radius 2 is 1.59 bits per heavy atom. The second-order valence-electron chi connectivity index (χ2n) is 4.32. The minimum atomic E-state index is 0.0859. The van der Waals surface area contributed by atoms with Gasteiger partial charge in [0.1, 0.15) is 5.75 Å². The first-order valence-electron chi connectivity index (χ1n) is 6.37. The highest BCUT2D eigenvalue weighted by molar-refractivity contribution is 9.11. The van der Waals surface area contributed by atoms with Gasteiger partial charge in [-0.25, -0.2) is 0 Å². The second kappa shape index (κ2) is 8.68. The van der Waals surface area contributed by atoms with Crippen LogP contribution in [0.15, 0.2) is 48.2 Å². The molecule has 22 heavy (non-hydrogen) atoms. The fraction of sp³-hybridized carbons (Fsp3) is 0.200. The molecule has 0 aromatic heterocycles. The summed E-state index contributed by atoms with van der Waals surface area (Å²) in [5, 5.41) is 8.88. The summed E-state index contributed by atoms with van der Waals surface area (Å²) in [6.07, 6.45) is 0.559. The van der Waals surface area contributed by atoms with Gasteiger partial charge in [-0.2, -0.15) is 0 Å². The molecule has 0 radical (unpaired) electrons. The molecule has 0 saturated heterocycles. The lowest BCUT2D eigenvalue weighted by molar-refractivity contribution is 0.229. The van der Waals surface area contributed by atoms with Gasteiger partial charge in [-0.15, -0.1) is 0 Å². The van der Waals surface area contributed by atoms with E-state index in [-0.39, 0.29) is 6.61 Å². The lowest BCUT2D eigenvalue weighted by Crippen LogP contribution is -2.02. The molecule has 3 nitrogen and oxygen atoms in total. The largest absolute Gasteiger partial charge is 0.488 e. The number of aliphatic hydroxyl groups is 1. The monoisotopic (exact) mass is 556 g/mol. The molecule has 0 atom stereocenters. The third-order valence-corrected chi connectivity index (χ3v) is 4.80. The maximum atomic E-state index is 8.88. The zero-order valence-electron chi connectivity index (χ0n) is 11.3. The van der Waals surface area contributed by atoms with Gasteiger partial charge in [0.05, 0.1) is 15.6 Å². The zero-order chi connectivity index (χ0) is 16.1. The standard InChI is InChI=1S/C15H12Br4O3/c16-9-2-3-13(11(18)6-9)22-14-8-10(17)7-12(19)15(14)21-5-1-4-20/h2-3,6-8,20H,1,4-5H2. The predicted molar refractivity (Wildman–Crippen MR) is 101 cm³/mol. The first kappa shape index (κ1) is 18.3. The van der Waals surface area contributed by atoms with Crippen molar-refractivity contribution in [2.24, 2.45) is 0 Å². The number of hydrogen-bond acceptors (Lipinski definition) is 3. The lowest BCUT2D eigenvalue weighted by Gasteiger charge is -2.15. The lowest BCUT2D eigenvalue weighted by atomic mass is 10.3. The summed E-state index contributed by atoms with van der Waals surface area (Å²) >= 11 is 13.8. The van der Waals surface area contributed by atoms with Gasteiger partial charge in [0.15, 0.2) is 11.5 Å². The molecule has 0 fully saturated rings. The van der Waals surface area contributed by atoms with Gasteiger partial charge in [0.2, 0.25) is 0 Å². The fourth-order valence-electron chi connectivity index (χ4n) is 1.67. The Hall–Kier alpha value is -0.0800. The molecule has 2 rings (SSSR count). The van der Waals surface area contributed by atoms with Crippen LogP contribution < -0.4 is 9.47 Å². The van der Waals surface area contributed by atoms with Crippen molar-refractivity contribution in [3.05, 3.63) is 48.2 Å². The maximum absolute atomic E-state index is 8.88. The van der Waals surface area contributed by atoms with E-state index in [1.54, 1.807) is 0 Å². The van der Waals surface area contributed by atoms with Crippen molar-refractivity contribution in [2.75, 3.05) is 13.2 Å². The summed E-state index contributed by atoms with van der Waals surface area (Å²) in [6, 6.07) is 9.40. The molecule has 2 aromatic rings. The van der Waals surface area contributed by atoms with Crippen LogP contribution in [0.4, 0.5) is 0 Å². The molecule has 0 bridgehead atoms. The van der Waals surface area contributed by atoms with E-state index in [9.17, 15) is 0 Å². The van der Waals surface area contributed by atoms with Crippen molar-refractivity contribution in [1.29, 1.82) is 0 Å². The number of halogens is 4. The minimum Gasteiger partial charge on any atom is -0.488 e. The molecule has 0 spiro atoms.